The van der Waals surface area contributed by atoms with Crippen LogP contribution in [0.3, 0.4) is 0 Å². The van der Waals surface area contributed by atoms with E-state index < -0.39 is 5.97 Å². The molecule has 2 rings (SSSR count). The standard InChI is InChI=1S/C15H19NO3/c1-10-9-12(10)15(19)16-13(7-8-14(17)18)11-5-3-2-4-6-11/h2-6,10,12-13H,7-9H2,1H3,(H,16,19)(H,17,18). The Hall–Kier alpha value is -1.84. The topological polar surface area (TPSA) is 66.4 Å². The van der Waals surface area contributed by atoms with Crippen molar-refractivity contribution in [1.82, 2.24) is 5.32 Å². The third-order valence-electron chi connectivity index (χ3n) is 3.61. The molecule has 3 unspecified atom stereocenters. The van der Waals surface area contributed by atoms with Gasteiger partial charge in [-0.15, -0.1) is 0 Å². The van der Waals surface area contributed by atoms with Crippen LogP contribution >= 0.6 is 0 Å². The van der Waals surface area contributed by atoms with Crippen LogP contribution in [-0.4, -0.2) is 17.0 Å². The van der Waals surface area contributed by atoms with Gasteiger partial charge in [0, 0.05) is 12.3 Å². The van der Waals surface area contributed by atoms with Gasteiger partial charge >= 0.3 is 5.97 Å². The molecule has 3 atom stereocenters. The number of aliphatic carboxylic acids is 1. The molecule has 0 bridgehead atoms. The van der Waals surface area contributed by atoms with Crippen molar-refractivity contribution in [2.24, 2.45) is 11.8 Å². The van der Waals surface area contributed by atoms with Gasteiger partial charge in [-0.25, -0.2) is 0 Å². The van der Waals surface area contributed by atoms with Crippen molar-refractivity contribution in [3.63, 3.8) is 0 Å². The molecule has 0 aromatic heterocycles. The van der Waals surface area contributed by atoms with Gasteiger partial charge in [0.1, 0.15) is 0 Å². The van der Waals surface area contributed by atoms with Crippen LogP contribution < -0.4 is 5.32 Å². The summed E-state index contributed by atoms with van der Waals surface area (Å²) < 4.78 is 0. The monoisotopic (exact) mass is 261 g/mol. The van der Waals surface area contributed by atoms with E-state index in [4.69, 9.17) is 5.11 Å². The fourth-order valence-electron chi connectivity index (χ4n) is 2.24. The van der Waals surface area contributed by atoms with Gasteiger partial charge in [0.05, 0.1) is 6.04 Å². The van der Waals surface area contributed by atoms with E-state index >= 15 is 0 Å². The molecule has 0 saturated heterocycles. The average molecular weight is 261 g/mol. The third-order valence-corrected chi connectivity index (χ3v) is 3.61. The van der Waals surface area contributed by atoms with Crippen molar-refractivity contribution >= 4 is 11.9 Å². The van der Waals surface area contributed by atoms with Gasteiger partial charge in [-0.1, -0.05) is 37.3 Å². The van der Waals surface area contributed by atoms with Gasteiger partial charge in [-0.05, 0) is 24.3 Å². The summed E-state index contributed by atoms with van der Waals surface area (Å²) in [7, 11) is 0. The fourth-order valence-corrected chi connectivity index (χ4v) is 2.24. The number of carbonyl (C=O) groups excluding carboxylic acids is 1. The van der Waals surface area contributed by atoms with Crippen LogP contribution in [-0.2, 0) is 9.59 Å². The highest BCUT2D eigenvalue weighted by Gasteiger charge is 2.39. The van der Waals surface area contributed by atoms with Crippen LogP contribution in [0, 0.1) is 11.8 Å². The summed E-state index contributed by atoms with van der Waals surface area (Å²) in [6.07, 6.45) is 1.42. The first kappa shape index (κ1) is 13.6. The summed E-state index contributed by atoms with van der Waals surface area (Å²) in [5.41, 5.74) is 0.963. The Morgan fingerprint density at radius 2 is 2.00 bits per heavy atom. The lowest BCUT2D eigenvalue weighted by atomic mass is 10.0. The SMILES string of the molecule is CC1CC1C(=O)NC(CCC(=O)O)c1ccccc1. The van der Waals surface area contributed by atoms with Crippen molar-refractivity contribution in [3.8, 4) is 0 Å². The molecule has 1 aromatic carbocycles. The predicted molar refractivity (Wildman–Crippen MR) is 71.5 cm³/mol. The van der Waals surface area contributed by atoms with Crippen LogP contribution in [0.2, 0.25) is 0 Å². The van der Waals surface area contributed by atoms with E-state index in [0.717, 1.165) is 12.0 Å². The highest BCUT2D eigenvalue weighted by molar-refractivity contribution is 5.81. The van der Waals surface area contributed by atoms with E-state index in [1.807, 2.05) is 30.3 Å². The first-order chi connectivity index (χ1) is 9.08. The molecule has 1 fully saturated rings. The van der Waals surface area contributed by atoms with Crippen molar-refractivity contribution in [2.75, 3.05) is 0 Å². The number of hydrogen-bond acceptors (Lipinski definition) is 2. The van der Waals surface area contributed by atoms with E-state index in [2.05, 4.69) is 12.2 Å². The summed E-state index contributed by atoms with van der Waals surface area (Å²) in [6, 6.07) is 9.33. The minimum Gasteiger partial charge on any atom is -0.481 e. The van der Waals surface area contributed by atoms with Crippen LogP contribution in [0.15, 0.2) is 30.3 Å². The van der Waals surface area contributed by atoms with Crippen LogP contribution in [0.4, 0.5) is 0 Å². The normalized spacial score (nSPS) is 22.6. The first-order valence-corrected chi connectivity index (χ1v) is 6.65. The van der Waals surface area contributed by atoms with Crippen molar-refractivity contribution in [2.45, 2.75) is 32.2 Å². The molecule has 19 heavy (non-hydrogen) atoms. The Bertz CT molecular complexity index is 458. The lowest BCUT2D eigenvalue weighted by molar-refractivity contribution is -0.137. The molecule has 0 aliphatic heterocycles. The maximum Gasteiger partial charge on any atom is 0.303 e. The highest BCUT2D eigenvalue weighted by Crippen LogP contribution is 2.38. The number of carbonyl (C=O) groups is 2. The number of nitrogens with one attached hydrogen (secondary N) is 1. The van der Waals surface area contributed by atoms with E-state index in [1.165, 1.54) is 0 Å². The van der Waals surface area contributed by atoms with Gasteiger partial charge in [0.25, 0.3) is 0 Å². The van der Waals surface area contributed by atoms with Crippen molar-refractivity contribution < 1.29 is 14.7 Å². The number of benzene rings is 1. The van der Waals surface area contributed by atoms with E-state index in [9.17, 15) is 9.59 Å². The molecular formula is C15H19NO3. The predicted octanol–water partition coefficient (Wildman–Crippen LogP) is 2.36. The van der Waals surface area contributed by atoms with E-state index in [-0.39, 0.29) is 24.3 Å². The summed E-state index contributed by atoms with van der Waals surface area (Å²) in [6.45, 7) is 2.05. The highest BCUT2D eigenvalue weighted by atomic mass is 16.4. The summed E-state index contributed by atoms with van der Waals surface area (Å²) >= 11 is 0. The van der Waals surface area contributed by atoms with Crippen LogP contribution in [0.5, 0.6) is 0 Å². The van der Waals surface area contributed by atoms with Crippen molar-refractivity contribution in [1.29, 1.82) is 0 Å². The molecule has 2 N–H and O–H groups in total. The number of hydrogen-bond donors (Lipinski definition) is 2. The zero-order chi connectivity index (χ0) is 13.8. The molecular weight excluding hydrogens is 242 g/mol. The molecule has 1 aliphatic carbocycles. The second kappa shape index (κ2) is 5.87. The van der Waals surface area contributed by atoms with Crippen LogP contribution in [0.25, 0.3) is 0 Å². The molecule has 1 aliphatic rings. The maximum atomic E-state index is 12.0. The van der Waals surface area contributed by atoms with Gasteiger partial charge in [0.2, 0.25) is 5.91 Å². The Kier molecular flexibility index (Phi) is 4.20. The zero-order valence-electron chi connectivity index (χ0n) is 11.0. The lowest BCUT2D eigenvalue weighted by Gasteiger charge is -2.18. The molecule has 1 saturated carbocycles. The first-order valence-electron chi connectivity index (χ1n) is 6.65. The number of amides is 1. The average Bonchev–Trinajstić information content (AvgIpc) is 3.12. The van der Waals surface area contributed by atoms with E-state index in [1.54, 1.807) is 0 Å². The Balaban J connectivity index is 2.01. The summed E-state index contributed by atoms with van der Waals surface area (Å²) in [5.74, 6) is -0.228. The van der Waals surface area contributed by atoms with Crippen LogP contribution in [0.1, 0.15) is 37.8 Å². The smallest absolute Gasteiger partial charge is 0.303 e. The maximum absolute atomic E-state index is 12.0. The second-order valence-electron chi connectivity index (χ2n) is 5.22. The molecule has 1 aromatic rings. The van der Waals surface area contributed by atoms with Crippen molar-refractivity contribution in [3.05, 3.63) is 35.9 Å². The summed E-state index contributed by atoms with van der Waals surface area (Å²) in [5, 5.41) is 11.8. The molecule has 102 valence electrons. The Labute approximate surface area is 112 Å². The summed E-state index contributed by atoms with van der Waals surface area (Å²) in [4.78, 5) is 22.7. The fraction of sp³-hybridized carbons (Fsp3) is 0.467. The van der Waals surface area contributed by atoms with Gasteiger partial charge < -0.3 is 10.4 Å². The molecule has 0 radical (unpaired) electrons. The van der Waals surface area contributed by atoms with Gasteiger partial charge in [0.15, 0.2) is 0 Å². The molecule has 0 heterocycles. The Morgan fingerprint density at radius 1 is 1.37 bits per heavy atom. The largest absolute Gasteiger partial charge is 0.481 e. The van der Waals surface area contributed by atoms with Gasteiger partial charge in [-0.3, -0.25) is 9.59 Å². The minimum atomic E-state index is -0.838. The molecule has 1 amide bonds. The number of carboxylic acid groups (broad SMARTS) is 1. The zero-order valence-corrected chi connectivity index (χ0v) is 11.0. The molecule has 4 heteroatoms. The van der Waals surface area contributed by atoms with Gasteiger partial charge in [-0.2, -0.15) is 0 Å². The number of rotatable bonds is 6. The molecule has 0 spiro atoms. The Morgan fingerprint density at radius 3 is 2.53 bits per heavy atom. The van der Waals surface area contributed by atoms with E-state index in [0.29, 0.717) is 12.3 Å². The second-order valence-corrected chi connectivity index (χ2v) is 5.22. The quantitative estimate of drug-likeness (QED) is 0.826. The third kappa shape index (κ3) is 3.81. The number of carboxylic acids is 1. The minimum absolute atomic E-state index is 0.0479. The lowest BCUT2D eigenvalue weighted by Crippen LogP contribution is -2.30. The molecule has 4 nitrogen and oxygen atoms in total.